The number of nitrogens with one attached hydrogen (secondary N) is 1. The number of fused-ring (bicyclic) bond motifs is 1. The number of carbonyl (C=O) groups is 1. The number of aromatic nitrogens is 4. The molecule has 3 aromatic rings. The number of benzene rings is 1. The zero-order chi connectivity index (χ0) is 19.8. The minimum Gasteiger partial charge on any atom is -0.420 e. The van der Waals surface area contributed by atoms with Gasteiger partial charge in [0.05, 0.1) is 11.6 Å². The van der Waals surface area contributed by atoms with Gasteiger partial charge in [-0.2, -0.15) is 10.4 Å². The van der Waals surface area contributed by atoms with E-state index in [1.54, 1.807) is 6.20 Å². The molecule has 1 aromatic carbocycles. The molecular formula is C19H17N7O2. The molecule has 0 saturated heterocycles. The van der Waals surface area contributed by atoms with Crippen LogP contribution in [-0.2, 0) is 11.3 Å². The van der Waals surface area contributed by atoms with E-state index in [1.807, 2.05) is 37.3 Å². The Hall–Kier alpha value is -4.06. The number of nitriles is 1. The summed E-state index contributed by atoms with van der Waals surface area (Å²) < 4.78 is 6.98. The van der Waals surface area contributed by atoms with Gasteiger partial charge in [0.15, 0.2) is 0 Å². The monoisotopic (exact) mass is 375 g/mol. The number of nitrogens with two attached hydrogens (primary N) is 2. The number of hydrogen-bond acceptors (Lipinski definition) is 6. The third-order valence-corrected chi connectivity index (χ3v) is 4.60. The maximum absolute atomic E-state index is 11.4. The van der Waals surface area contributed by atoms with Gasteiger partial charge in [-0.1, -0.05) is 30.3 Å². The topological polar surface area (TPSA) is 149 Å². The Morgan fingerprint density at radius 2 is 2.14 bits per heavy atom. The fourth-order valence-corrected chi connectivity index (χ4v) is 3.42. The lowest BCUT2D eigenvalue weighted by Crippen LogP contribution is -2.21. The van der Waals surface area contributed by atoms with Crippen molar-refractivity contribution in [1.82, 2.24) is 20.0 Å². The number of primary amides is 1. The first-order valence-electron chi connectivity index (χ1n) is 8.53. The maximum atomic E-state index is 11.4. The molecule has 2 aromatic heterocycles. The number of hydrogen-bond donors (Lipinski definition) is 3. The molecule has 1 amide bonds. The van der Waals surface area contributed by atoms with E-state index >= 15 is 0 Å². The number of allylic oxidation sites excluding steroid dienone is 1. The second kappa shape index (κ2) is 6.59. The van der Waals surface area contributed by atoms with E-state index in [0.717, 1.165) is 11.3 Å². The van der Waals surface area contributed by atoms with Crippen molar-refractivity contribution in [2.75, 3.05) is 0 Å². The van der Waals surface area contributed by atoms with Crippen LogP contribution >= 0.6 is 0 Å². The molecule has 4 rings (SSSR count). The molecule has 1 atom stereocenters. The Morgan fingerprint density at radius 1 is 1.39 bits per heavy atom. The van der Waals surface area contributed by atoms with E-state index in [2.05, 4.69) is 21.4 Å². The zero-order valence-electron chi connectivity index (χ0n) is 15.0. The Balaban J connectivity index is 1.97. The molecule has 0 fully saturated rings. The Bertz CT molecular complexity index is 1130. The summed E-state index contributed by atoms with van der Waals surface area (Å²) in [5, 5.41) is 21.3. The van der Waals surface area contributed by atoms with E-state index in [1.165, 1.54) is 4.68 Å². The highest BCUT2D eigenvalue weighted by Crippen LogP contribution is 2.45. The Labute approximate surface area is 160 Å². The second-order valence-corrected chi connectivity index (χ2v) is 6.46. The minimum atomic E-state index is -0.538. The van der Waals surface area contributed by atoms with Crippen molar-refractivity contribution in [1.29, 1.82) is 5.26 Å². The second-order valence-electron chi connectivity index (χ2n) is 6.46. The average molecular weight is 375 g/mol. The molecule has 9 nitrogen and oxygen atoms in total. The standard InChI is InChI=1S/C19H17N7O2/c1-10-15-16(12(7-20)18(22)28-19(15)24-23-10)13-8-26(9-14(21)27)25-17(13)11-5-3-2-4-6-11/h2-6,8,16H,9,22H2,1H3,(H2,21,27)(H,23,24)/t16-/m0/s1. The van der Waals surface area contributed by atoms with E-state index in [-0.39, 0.29) is 18.0 Å². The number of aryl methyl sites for hydroxylation is 1. The molecule has 0 spiro atoms. The van der Waals surface area contributed by atoms with Gasteiger partial charge >= 0.3 is 0 Å². The van der Waals surface area contributed by atoms with Crippen LogP contribution in [0.3, 0.4) is 0 Å². The summed E-state index contributed by atoms with van der Waals surface area (Å²) in [6.45, 7) is 1.76. The van der Waals surface area contributed by atoms with Gasteiger partial charge in [0.2, 0.25) is 17.7 Å². The number of rotatable bonds is 4. The van der Waals surface area contributed by atoms with Gasteiger partial charge in [-0.05, 0) is 6.92 Å². The smallest absolute Gasteiger partial charge is 0.244 e. The lowest BCUT2D eigenvalue weighted by atomic mass is 9.83. The highest BCUT2D eigenvalue weighted by Gasteiger charge is 2.37. The van der Waals surface area contributed by atoms with Crippen LogP contribution in [0.4, 0.5) is 0 Å². The van der Waals surface area contributed by atoms with Crippen LogP contribution in [0.5, 0.6) is 5.88 Å². The van der Waals surface area contributed by atoms with Crippen molar-refractivity contribution in [2.45, 2.75) is 19.4 Å². The number of ether oxygens (including phenoxy) is 1. The molecule has 0 saturated carbocycles. The Kier molecular flexibility index (Phi) is 4.08. The van der Waals surface area contributed by atoms with Gasteiger partial charge in [-0.15, -0.1) is 5.10 Å². The van der Waals surface area contributed by atoms with Gasteiger partial charge in [0.1, 0.15) is 18.2 Å². The van der Waals surface area contributed by atoms with E-state index in [0.29, 0.717) is 22.7 Å². The molecule has 0 bridgehead atoms. The third kappa shape index (κ3) is 2.77. The first kappa shape index (κ1) is 17.4. The van der Waals surface area contributed by atoms with Gasteiger partial charge < -0.3 is 16.2 Å². The average Bonchev–Trinajstić information content (AvgIpc) is 3.24. The van der Waals surface area contributed by atoms with Crippen LogP contribution in [0.15, 0.2) is 48.0 Å². The predicted molar refractivity (Wildman–Crippen MR) is 99.5 cm³/mol. The molecule has 3 heterocycles. The first-order chi connectivity index (χ1) is 13.5. The quantitative estimate of drug-likeness (QED) is 0.625. The lowest BCUT2D eigenvalue weighted by molar-refractivity contribution is -0.118. The molecule has 5 N–H and O–H groups in total. The minimum absolute atomic E-state index is 0.00633. The molecule has 9 heteroatoms. The normalized spacial score (nSPS) is 15.6. The summed E-state index contributed by atoms with van der Waals surface area (Å²) in [5.41, 5.74) is 15.2. The third-order valence-electron chi connectivity index (χ3n) is 4.60. The van der Waals surface area contributed by atoms with Gasteiger partial charge in [-0.25, -0.2) is 0 Å². The highest BCUT2D eigenvalue weighted by molar-refractivity contribution is 5.74. The number of amides is 1. The molecule has 0 unspecified atom stereocenters. The fourth-order valence-electron chi connectivity index (χ4n) is 3.42. The van der Waals surface area contributed by atoms with E-state index in [9.17, 15) is 10.1 Å². The van der Waals surface area contributed by atoms with Crippen molar-refractivity contribution in [2.24, 2.45) is 11.5 Å². The number of aromatic amines is 1. The molecule has 28 heavy (non-hydrogen) atoms. The number of carbonyl (C=O) groups excluding carboxylic acids is 1. The van der Waals surface area contributed by atoms with Gasteiger partial charge in [-0.3, -0.25) is 14.6 Å². The van der Waals surface area contributed by atoms with Crippen LogP contribution in [0.25, 0.3) is 11.3 Å². The summed E-state index contributed by atoms with van der Waals surface area (Å²) in [6, 6.07) is 11.6. The van der Waals surface area contributed by atoms with Crippen LogP contribution in [0.1, 0.15) is 22.7 Å². The van der Waals surface area contributed by atoms with Crippen LogP contribution < -0.4 is 16.2 Å². The van der Waals surface area contributed by atoms with Gasteiger partial charge in [0, 0.05) is 28.6 Å². The molecule has 1 aliphatic rings. The van der Waals surface area contributed by atoms with Crippen molar-refractivity contribution < 1.29 is 9.53 Å². The van der Waals surface area contributed by atoms with Crippen molar-refractivity contribution in [3.8, 4) is 23.2 Å². The molecule has 1 aliphatic heterocycles. The number of nitrogens with zero attached hydrogens (tertiary/aromatic N) is 4. The highest BCUT2D eigenvalue weighted by atomic mass is 16.5. The van der Waals surface area contributed by atoms with E-state index < -0.39 is 11.8 Å². The maximum Gasteiger partial charge on any atom is 0.244 e. The molecule has 140 valence electrons. The summed E-state index contributed by atoms with van der Waals surface area (Å²) in [4.78, 5) is 11.4. The summed E-state index contributed by atoms with van der Waals surface area (Å²) in [7, 11) is 0. The number of H-pyrrole nitrogens is 1. The summed E-state index contributed by atoms with van der Waals surface area (Å²) in [5.74, 6) is -0.741. The largest absolute Gasteiger partial charge is 0.420 e. The van der Waals surface area contributed by atoms with Crippen LogP contribution in [0.2, 0.25) is 0 Å². The summed E-state index contributed by atoms with van der Waals surface area (Å²) >= 11 is 0. The van der Waals surface area contributed by atoms with Crippen molar-refractivity contribution >= 4 is 5.91 Å². The van der Waals surface area contributed by atoms with Gasteiger partial charge in [0.25, 0.3) is 0 Å². The predicted octanol–water partition coefficient (Wildman–Crippen LogP) is 1.29. The molecule has 0 radical (unpaired) electrons. The van der Waals surface area contributed by atoms with Crippen molar-refractivity contribution in [3.05, 3.63) is 64.8 Å². The summed E-state index contributed by atoms with van der Waals surface area (Å²) in [6.07, 6.45) is 1.71. The SMILES string of the molecule is Cc1[nH]nc2c1[C@H](c1cn(CC(N)=O)nc1-c1ccccc1)C(C#N)=C(N)O2. The molecule has 0 aliphatic carbocycles. The Morgan fingerprint density at radius 3 is 2.82 bits per heavy atom. The van der Waals surface area contributed by atoms with Crippen molar-refractivity contribution in [3.63, 3.8) is 0 Å². The lowest BCUT2D eigenvalue weighted by Gasteiger charge is -2.23. The van der Waals surface area contributed by atoms with E-state index in [4.69, 9.17) is 16.2 Å². The fraction of sp³-hybridized carbons (Fsp3) is 0.158. The van der Waals surface area contributed by atoms with Crippen LogP contribution in [0, 0.1) is 18.3 Å². The van der Waals surface area contributed by atoms with Crippen LogP contribution in [-0.4, -0.2) is 25.9 Å². The first-order valence-corrected chi connectivity index (χ1v) is 8.53. The molecular weight excluding hydrogens is 358 g/mol. The zero-order valence-corrected chi connectivity index (χ0v) is 15.0.